The SMILES string of the molecule is COC(=O)Nc1ccc(-c2cc(N)no2)cc1. The summed E-state index contributed by atoms with van der Waals surface area (Å²) in [6.45, 7) is 0. The van der Waals surface area contributed by atoms with Gasteiger partial charge in [-0.1, -0.05) is 5.16 Å². The topological polar surface area (TPSA) is 90.4 Å². The summed E-state index contributed by atoms with van der Waals surface area (Å²) >= 11 is 0. The van der Waals surface area contributed by atoms with Gasteiger partial charge in [0.2, 0.25) is 0 Å². The van der Waals surface area contributed by atoms with E-state index in [-0.39, 0.29) is 0 Å². The zero-order valence-corrected chi connectivity index (χ0v) is 9.14. The minimum atomic E-state index is -0.512. The molecule has 2 aromatic rings. The highest BCUT2D eigenvalue weighted by molar-refractivity contribution is 5.84. The van der Waals surface area contributed by atoms with Crippen molar-refractivity contribution in [2.24, 2.45) is 0 Å². The van der Waals surface area contributed by atoms with Crippen LogP contribution < -0.4 is 11.1 Å². The van der Waals surface area contributed by atoms with Gasteiger partial charge in [-0.05, 0) is 24.3 Å². The average molecular weight is 233 g/mol. The molecule has 0 radical (unpaired) electrons. The molecule has 1 aromatic heterocycles. The fourth-order valence-electron chi connectivity index (χ4n) is 1.31. The van der Waals surface area contributed by atoms with E-state index in [2.05, 4.69) is 15.2 Å². The first-order chi connectivity index (χ1) is 8.19. The lowest BCUT2D eigenvalue weighted by Gasteiger charge is -2.03. The molecule has 88 valence electrons. The number of carbonyl (C=O) groups excluding carboxylic acids is 1. The van der Waals surface area contributed by atoms with Crippen LogP contribution in [-0.4, -0.2) is 18.4 Å². The molecule has 3 N–H and O–H groups in total. The monoisotopic (exact) mass is 233 g/mol. The molecular formula is C11H11N3O3. The molecule has 1 amide bonds. The molecule has 0 spiro atoms. The number of rotatable bonds is 2. The molecule has 0 saturated heterocycles. The number of benzene rings is 1. The maximum Gasteiger partial charge on any atom is 0.411 e. The number of nitrogens with one attached hydrogen (secondary N) is 1. The summed E-state index contributed by atoms with van der Waals surface area (Å²) in [6, 6.07) is 8.65. The number of amides is 1. The predicted molar refractivity (Wildman–Crippen MR) is 62.4 cm³/mol. The maximum absolute atomic E-state index is 11.0. The van der Waals surface area contributed by atoms with Crippen LogP contribution in [0.5, 0.6) is 0 Å². The Labute approximate surface area is 97.3 Å². The lowest BCUT2D eigenvalue weighted by Crippen LogP contribution is -2.10. The second-order valence-corrected chi connectivity index (χ2v) is 3.31. The first kappa shape index (κ1) is 11.0. The Morgan fingerprint density at radius 2 is 2.12 bits per heavy atom. The summed E-state index contributed by atoms with van der Waals surface area (Å²) in [4.78, 5) is 11.0. The lowest BCUT2D eigenvalue weighted by atomic mass is 10.1. The van der Waals surface area contributed by atoms with Gasteiger partial charge >= 0.3 is 6.09 Å². The molecule has 0 aliphatic heterocycles. The van der Waals surface area contributed by atoms with E-state index in [9.17, 15) is 4.79 Å². The Balaban J connectivity index is 2.15. The molecule has 1 aromatic carbocycles. The molecule has 0 aliphatic carbocycles. The van der Waals surface area contributed by atoms with E-state index in [1.165, 1.54) is 7.11 Å². The van der Waals surface area contributed by atoms with Crippen molar-refractivity contribution in [3.63, 3.8) is 0 Å². The number of anilines is 2. The second kappa shape index (κ2) is 4.56. The number of nitrogen functional groups attached to an aromatic ring is 1. The van der Waals surface area contributed by atoms with Gasteiger partial charge in [-0.25, -0.2) is 4.79 Å². The highest BCUT2D eigenvalue weighted by Crippen LogP contribution is 2.22. The van der Waals surface area contributed by atoms with Crippen molar-refractivity contribution in [2.45, 2.75) is 0 Å². The van der Waals surface area contributed by atoms with Gasteiger partial charge in [0.05, 0.1) is 7.11 Å². The van der Waals surface area contributed by atoms with Crippen LogP contribution in [0.1, 0.15) is 0 Å². The van der Waals surface area contributed by atoms with E-state index in [0.717, 1.165) is 5.56 Å². The molecule has 0 saturated carbocycles. The van der Waals surface area contributed by atoms with Gasteiger partial charge in [-0.2, -0.15) is 0 Å². The van der Waals surface area contributed by atoms with Crippen molar-refractivity contribution in [3.8, 4) is 11.3 Å². The van der Waals surface area contributed by atoms with Gasteiger partial charge in [-0.15, -0.1) is 0 Å². The van der Waals surface area contributed by atoms with Crippen LogP contribution in [0.15, 0.2) is 34.9 Å². The normalized spacial score (nSPS) is 9.94. The van der Waals surface area contributed by atoms with Crippen LogP contribution in [0.25, 0.3) is 11.3 Å². The number of hydrogen-bond acceptors (Lipinski definition) is 5. The highest BCUT2D eigenvalue weighted by atomic mass is 16.5. The van der Waals surface area contributed by atoms with Crippen molar-refractivity contribution in [1.82, 2.24) is 5.16 Å². The van der Waals surface area contributed by atoms with E-state index in [1.54, 1.807) is 30.3 Å². The molecule has 0 atom stereocenters. The van der Waals surface area contributed by atoms with Crippen molar-refractivity contribution < 1.29 is 14.1 Å². The van der Waals surface area contributed by atoms with Crippen molar-refractivity contribution in [2.75, 3.05) is 18.2 Å². The van der Waals surface area contributed by atoms with Gasteiger partial charge in [0.1, 0.15) is 0 Å². The zero-order chi connectivity index (χ0) is 12.3. The maximum atomic E-state index is 11.0. The third-order valence-corrected chi connectivity index (χ3v) is 2.13. The first-order valence-electron chi connectivity index (χ1n) is 4.86. The number of nitrogens with two attached hydrogens (primary N) is 1. The van der Waals surface area contributed by atoms with Gasteiger partial charge in [-0.3, -0.25) is 5.32 Å². The van der Waals surface area contributed by atoms with Gasteiger partial charge in [0.25, 0.3) is 0 Å². The molecule has 6 heteroatoms. The van der Waals surface area contributed by atoms with Crippen LogP contribution in [0.3, 0.4) is 0 Å². The van der Waals surface area contributed by atoms with E-state index < -0.39 is 6.09 Å². The Kier molecular flexibility index (Phi) is 2.95. The molecule has 0 bridgehead atoms. The standard InChI is InChI=1S/C11H11N3O3/c1-16-11(15)13-8-4-2-7(3-5-8)9-6-10(12)14-17-9/h2-6H,1H3,(H2,12,14)(H,13,15). The molecule has 0 fully saturated rings. The van der Waals surface area contributed by atoms with Gasteiger partial charge in [0.15, 0.2) is 11.6 Å². The van der Waals surface area contributed by atoms with Crippen LogP contribution in [-0.2, 0) is 4.74 Å². The number of hydrogen-bond donors (Lipinski definition) is 2. The lowest BCUT2D eigenvalue weighted by molar-refractivity contribution is 0.187. The summed E-state index contributed by atoms with van der Waals surface area (Å²) in [5, 5.41) is 6.13. The largest absolute Gasteiger partial charge is 0.453 e. The smallest absolute Gasteiger partial charge is 0.411 e. The van der Waals surface area contributed by atoms with Crippen LogP contribution >= 0.6 is 0 Å². The Morgan fingerprint density at radius 3 is 2.65 bits per heavy atom. The quantitative estimate of drug-likeness (QED) is 0.828. The second-order valence-electron chi connectivity index (χ2n) is 3.31. The summed E-state index contributed by atoms with van der Waals surface area (Å²) in [5.74, 6) is 0.906. The number of methoxy groups -OCH3 is 1. The Morgan fingerprint density at radius 1 is 1.41 bits per heavy atom. The number of ether oxygens (including phenoxy) is 1. The number of carbonyl (C=O) groups is 1. The third-order valence-electron chi connectivity index (χ3n) is 2.13. The van der Waals surface area contributed by atoms with Crippen molar-refractivity contribution >= 4 is 17.6 Å². The average Bonchev–Trinajstić information content (AvgIpc) is 2.77. The summed E-state index contributed by atoms with van der Waals surface area (Å²) in [5.41, 5.74) is 6.91. The molecule has 0 unspecified atom stereocenters. The molecule has 6 nitrogen and oxygen atoms in total. The molecule has 1 heterocycles. The van der Waals surface area contributed by atoms with Crippen LogP contribution in [0, 0.1) is 0 Å². The summed E-state index contributed by atoms with van der Waals surface area (Å²) in [7, 11) is 1.31. The van der Waals surface area contributed by atoms with Gasteiger partial charge in [0, 0.05) is 17.3 Å². The first-order valence-corrected chi connectivity index (χ1v) is 4.86. The van der Waals surface area contributed by atoms with Crippen molar-refractivity contribution in [1.29, 1.82) is 0 Å². The zero-order valence-electron chi connectivity index (χ0n) is 9.14. The Bertz CT molecular complexity index is 519. The predicted octanol–water partition coefficient (Wildman–Crippen LogP) is 2.10. The third kappa shape index (κ3) is 2.54. The molecule has 0 aliphatic rings. The van der Waals surface area contributed by atoms with Crippen LogP contribution in [0.4, 0.5) is 16.3 Å². The summed E-state index contributed by atoms with van der Waals surface area (Å²) in [6.07, 6.45) is -0.512. The minimum Gasteiger partial charge on any atom is -0.453 e. The Hall–Kier alpha value is -2.50. The van der Waals surface area contributed by atoms with Gasteiger partial charge < -0.3 is 15.0 Å². The molecule has 2 rings (SSSR count). The minimum absolute atomic E-state index is 0.330. The molecule has 17 heavy (non-hydrogen) atoms. The number of aromatic nitrogens is 1. The summed E-state index contributed by atoms with van der Waals surface area (Å²) < 4.78 is 9.48. The van der Waals surface area contributed by atoms with E-state index >= 15 is 0 Å². The fraction of sp³-hybridized carbons (Fsp3) is 0.0909. The van der Waals surface area contributed by atoms with E-state index in [0.29, 0.717) is 17.3 Å². The van der Waals surface area contributed by atoms with E-state index in [1.807, 2.05) is 0 Å². The highest BCUT2D eigenvalue weighted by Gasteiger charge is 2.05. The molecular weight excluding hydrogens is 222 g/mol. The van der Waals surface area contributed by atoms with E-state index in [4.69, 9.17) is 10.3 Å². The van der Waals surface area contributed by atoms with Crippen molar-refractivity contribution in [3.05, 3.63) is 30.3 Å². The number of nitrogens with zero attached hydrogens (tertiary/aromatic N) is 1. The van der Waals surface area contributed by atoms with Crippen LogP contribution in [0.2, 0.25) is 0 Å². The fourth-order valence-corrected chi connectivity index (χ4v) is 1.31.